The zero-order chi connectivity index (χ0) is 13.7. The largest absolute Gasteiger partial charge is 0.361 e. The van der Waals surface area contributed by atoms with Crippen molar-refractivity contribution in [3.05, 3.63) is 34.9 Å². The van der Waals surface area contributed by atoms with Gasteiger partial charge in [0.1, 0.15) is 0 Å². The number of nitrogens with one attached hydrogen (secondary N) is 1. The van der Waals surface area contributed by atoms with E-state index in [0.29, 0.717) is 5.41 Å². The van der Waals surface area contributed by atoms with Crippen LogP contribution in [0.1, 0.15) is 32.3 Å². The van der Waals surface area contributed by atoms with Crippen molar-refractivity contribution >= 4 is 28.5 Å². The number of halogens is 1. The molecule has 1 heterocycles. The topological polar surface area (TPSA) is 24.4 Å². The molecule has 0 saturated heterocycles. The first-order valence-electron chi connectivity index (χ1n) is 6.83. The molecule has 19 heavy (non-hydrogen) atoms. The summed E-state index contributed by atoms with van der Waals surface area (Å²) in [5.74, 6) is 1.16. The Morgan fingerprint density at radius 1 is 1.32 bits per heavy atom. The average Bonchev–Trinajstić information content (AvgIpc) is 2.47. The van der Waals surface area contributed by atoms with E-state index in [1.54, 1.807) is 0 Å². The highest BCUT2D eigenvalue weighted by molar-refractivity contribution is 8.13. The van der Waals surface area contributed by atoms with Crippen molar-refractivity contribution in [1.29, 1.82) is 0 Å². The third-order valence-electron chi connectivity index (χ3n) is 3.96. The van der Waals surface area contributed by atoms with E-state index in [2.05, 4.69) is 19.2 Å². The van der Waals surface area contributed by atoms with E-state index in [9.17, 15) is 0 Å². The highest BCUT2D eigenvalue weighted by Crippen LogP contribution is 2.34. The first kappa shape index (κ1) is 14.7. The lowest BCUT2D eigenvalue weighted by molar-refractivity contribution is 0.318. The predicted octanol–water partition coefficient (Wildman–Crippen LogP) is 4.34. The van der Waals surface area contributed by atoms with E-state index in [1.165, 1.54) is 12.8 Å². The zero-order valence-corrected chi connectivity index (χ0v) is 13.2. The maximum atomic E-state index is 6.15. The maximum Gasteiger partial charge on any atom is 0.156 e. The van der Waals surface area contributed by atoms with Gasteiger partial charge in [-0.2, -0.15) is 0 Å². The minimum absolute atomic E-state index is 0.403. The molecule has 0 saturated carbocycles. The average molecular weight is 297 g/mol. The van der Waals surface area contributed by atoms with Crippen LogP contribution >= 0.6 is 23.4 Å². The number of aliphatic imine (C=N–C) groups is 1. The van der Waals surface area contributed by atoms with Gasteiger partial charge in [0.2, 0.25) is 0 Å². The Morgan fingerprint density at radius 3 is 2.63 bits per heavy atom. The van der Waals surface area contributed by atoms with E-state index in [1.807, 2.05) is 36.0 Å². The summed E-state index contributed by atoms with van der Waals surface area (Å²) in [7, 11) is 0. The second-order valence-corrected chi connectivity index (χ2v) is 6.43. The molecule has 0 radical (unpaired) electrons. The molecular formula is C15H21ClN2S. The quantitative estimate of drug-likeness (QED) is 0.894. The molecule has 1 aromatic carbocycles. The summed E-state index contributed by atoms with van der Waals surface area (Å²) in [6, 6.07) is 7.94. The van der Waals surface area contributed by atoms with E-state index in [4.69, 9.17) is 16.6 Å². The van der Waals surface area contributed by atoms with Gasteiger partial charge in [-0.05, 0) is 29.9 Å². The van der Waals surface area contributed by atoms with Crippen molar-refractivity contribution in [2.24, 2.45) is 10.4 Å². The molecule has 0 fully saturated rings. The van der Waals surface area contributed by atoms with E-state index >= 15 is 0 Å². The van der Waals surface area contributed by atoms with Crippen LogP contribution < -0.4 is 5.32 Å². The van der Waals surface area contributed by atoms with Crippen LogP contribution in [-0.4, -0.2) is 17.5 Å². The highest BCUT2D eigenvalue weighted by atomic mass is 35.5. The second-order valence-electron chi connectivity index (χ2n) is 5.06. The van der Waals surface area contributed by atoms with Gasteiger partial charge in [0.25, 0.3) is 0 Å². The number of nitrogens with zero attached hydrogens (tertiary/aromatic N) is 1. The lowest BCUT2D eigenvalue weighted by Gasteiger charge is -2.33. The molecule has 2 rings (SSSR count). The first-order chi connectivity index (χ1) is 9.19. The highest BCUT2D eigenvalue weighted by Gasteiger charge is 2.29. The van der Waals surface area contributed by atoms with Crippen molar-refractivity contribution in [2.45, 2.75) is 33.2 Å². The molecule has 0 unspecified atom stereocenters. The second kappa shape index (κ2) is 6.67. The molecule has 104 valence electrons. The Morgan fingerprint density at radius 2 is 2.05 bits per heavy atom. The van der Waals surface area contributed by atoms with Crippen molar-refractivity contribution in [3.63, 3.8) is 0 Å². The number of benzene rings is 1. The Balaban J connectivity index is 1.92. The van der Waals surface area contributed by atoms with Crippen molar-refractivity contribution in [3.8, 4) is 0 Å². The minimum Gasteiger partial charge on any atom is -0.361 e. The molecule has 1 aliphatic heterocycles. The molecular weight excluding hydrogens is 276 g/mol. The fraction of sp³-hybridized carbons (Fsp3) is 0.533. The number of rotatable bonds is 4. The van der Waals surface area contributed by atoms with Gasteiger partial charge in [-0.15, -0.1) is 0 Å². The Kier molecular flexibility index (Phi) is 5.17. The molecule has 1 aromatic rings. The molecule has 0 atom stereocenters. The van der Waals surface area contributed by atoms with Crippen LogP contribution in [0.2, 0.25) is 5.02 Å². The summed E-state index contributed by atoms with van der Waals surface area (Å²) in [6.45, 7) is 6.22. The van der Waals surface area contributed by atoms with Crippen molar-refractivity contribution < 1.29 is 0 Å². The number of thioether (sulfide) groups is 1. The maximum absolute atomic E-state index is 6.15. The summed E-state index contributed by atoms with van der Waals surface area (Å²) in [6.07, 6.45) is 2.41. The van der Waals surface area contributed by atoms with Crippen LogP contribution in [0.5, 0.6) is 0 Å². The van der Waals surface area contributed by atoms with Crippen molar-refractivity contribution in [1.82, 2.24) is 5.32 Å². The minimum atomic E-state index is 0.403. The van der Waals surface area contributed by atoms with Gasteiger partial charge in [0.05, 0.1) is 0 Å². The van der Waals surface area contributed by atoms with Gasteiger partial charge >= 0.3 is 0 Å². The Hall–Kier alpha value is -0.670. The normalized spacial score (nSPS) is 17.9. The molecule has 0 amide bonds. The standard InChI is InChI=1S/C15H21ClN2S/c1-3-15(4-2)10-18-14(19-11-15)17-9-12-7-5-6-8-13(12)16/h5-8H,3-4,9-11H2,1-2H3,(H,17,18). The molecule has 0 spiro atoms. The van der Waals surface area contributed by atoms with Crippen molar-refractivity contribution in [2.75, 3.05) is 12.3 Å². The third-order valence-corrected chi connectivity index (χ3v) is 5.63. The number of amidine groups is 1. The Labute approximate surface area is 125 Å². The summed E-state index contributed by atoms with van der Waals surface area (Å²) in [5, 5.41) is 5.26. The van der Waals surface area contributed by atoms with Crippen LogP contribution in [0.4, 0.5) is 0 Å². The third kappa shape index (κ3) is 3.67. The molecule has 0 aliphatic carbocycles. The van der Waals surface area contributed by atoms with Gasteiger partial charge in [-0.25, -0.2) is 0 Å². The first-order valence-corrected chi connectivity index (χ1v) is 8.20. The molecule has 2 nitrogen and oxygen atoms in total. The predicted molar refractivity (Wildman–Crippen MR) is 86.1 cm³/mol. The lowest BCUT2D eigenvalue weighted by atomic mass is 9.84. The SMILES string of the molecule is CCC1(CC)CN=C(NCc2ccccc2Cl)SC1. The monoisotopic (exact) mass is 296 g/mol. The summed E-state index contributed by atoms with van der Waals surface area (Å²) >= 11 is 7.99. The molecule has 1 aliphatic rings. The number of hydrogen-bond acceptors (Lipinski definition) is 3. The fourth-order valence-corrected chi connectivity index (χ4v) is 3.62. The Bertz CT molecular complexity index is 455. The summed E-state index contributed by atoms with van der Waals surface area (Å²) in [5.41, 5.74) is 1.52. The van der Waals surface area contributed by atoms with E-state index in [-0.39, 0.29) is 0 Å². The lowest BCUT2D eigenvalue weighted by Crippen LogP contribution is -2.34. The van der Waals surface area contributed by atoms with Crippen LogP contribution in [0, 0.1) is 5.41 Å². The van der Waals surface area contributed by atoms with Crippen LogP contribution in [0.25, 0.3) is 0 Å². The summed E-state index contributed by atoms with van der Waals surface area (Å²) in [4.78, 5) is 4.69. The molecule has 0 aromatic heterocycles. The van der Waals surface area contributed by atoms with Gasteiger partial charge in [-0.3, -0.25) is 4.99 Å². The molecule has 0 bridgehead atoms. The van der Waals surface area contributed by atoms with Gasteiger partial charge < -0.3 is 5.32 Å². The van der Waals surface area contributed by atoms with E-state index < -0.39 is 0 Å². The van der Waals surface area contributed by atoms with Gasteiger partial charge in [-0.1, -0.05) is 55.4 Å². The molecule has 1 N–H and O–H groups in total. The fourth-order valence-electron chi connectivity index (χ4n) is 2.15. The zero-order valence-electron chi connectivity index (χ0n) is 11.6. The molecule has 4 heteroatoms. The van der Waals surface area contributed by atoms with Gasteiger partial charge in [0.15, 0.2) is 5.17 Å². The summed E-state index contributed by atoms with van der Waals surface area (Å²) < 4.78 is 0. The smallest absolute Gasteiger partial charge is 0.156 e. The number of hydrogen-bond donors (Lipinski definition) is 1. The van der Waals surface area contributed by atoms with Crippen LogP contribution in [0.15, 0.2) is 29.3 Å². The van der Waals surface area contributed by atoms with Gasteiger partial charge in [0, 0.05) is 23.9 Å². The van der Waals surface area contributed by atoms with E-state index in [0.717, 1.165) is 34.6 Å². The van der Waals surface area contributed by atoms with Crippen LogP contribution in [-0.2, 0) is 6.54 Å². The van der Waals surface area contributed by atoms with Crippen LogP contribution in [0.3, 0.4) is 0 Å².